The van der Waals surface area contributed by atoms with Gasteiger partial charge in [-0.2, -0.15) is 0 Å². The molecule has 0 spiro atoms. The van der Waals surface area contributed by atoms with E-state index in [1.165, 1.54) is 34.9 Å². The van der Waals surface area contributed by atoms with Crippen molar-refractivity contribution in [3.05, 3.63) is 107 Å². The largest absolute Gasteiger partial charge is 0.493 e. The van der Waals surface area contributed by atoms with Crippen molar-refractivity contribution in [2.24, 2.45) is 0 Å². The minimum atomic E-state index is -0.594. The third-order valence-corrected chi connectivity index (χ3v) is 6.19. The first-order valence-corrected chi connectivity index (χ1v) is 12.0. The Labute approximate surface area is 202 Å². The van der Waals surface area contributed by atoms with Gasteiger partial charge in [0, 0.05) is 20.0 Å². The molecule has 0 amide bonds. The molecule has 0 N–H and O–H groups in total. The van der Waals surface area contributed by atoms with Crippen molar-refractivity contribution >= 4 is 11.5 Å². The van der Waals surface area contributed by atoms with Crippen molar-refractivity contribution < 1.29 is 19.0 Å². The summed E-state index contributed by atoms with van der Waals surface area (Å²) < 4.78 is 16.4. The van der Waals surface area contributed by atoms with E-state index in [1.807, 2.05) is 24.3 Å². The zero-order valence-corrected chi connectivity index (χ0v) is 20.0. The van der Waals surface area contributed by atoms with Crippen LogP contribution in [-0.4, -0.2) is 32.4 Å². The fourth-order valence-corrected chi connectivity index (χ4v) is 4.45. The topological polar surface area (TPSA) is 44.8 Å². The average Bonchev–Trinajstić information content (AvgIpc) is 3.03. The number of rotatable bonds is 9. The van der Waals surface area contributed by atoms with Crippen LogP contribution in [-0.2, 0) is 33.5 Å². The van der Waals surface area contributed by atoms with Crippen LogP contribution in [0, 0.1) is 0 Å². The number of fused-ring (bicyclic) bond motifs is 2. The fraction of sp³-hybridized carbons (Fsp3) is 0.300. The summed E-state index contributed by atoms with van der Waals surface area (Å²) in [5.41, 5.74) is 7.75. The van der Waals surface area contributed by atoms with Crippen LogP contribution in [0.4, 0.5) is 0 Å². The molecule has 34 heavy (non-hydrogen) atoms. The van der Waals surface area contributed by atoms with Gasteiger partial charge in [-0.3, -0.25) is 0 Å². The number of methoxy groups -OCH3 is 1. The molecule has 4 rings (SSSR count). The first-order chi connectivity index (χ1) is 16.7. The number of carbonyl (C=O) groups is 1. The van der Waals surface area contributed by atoms with Gasteiger partial charge < -0.3 is 14.2 Å². The summed E-state index contributed by atoms with van der Waals surface area (Å²) in [6.45, 7) is 2.73. The normalized spacial score (nSPS) is 13.3. The molecule has 1 aliphatic rings. The Kier molecular flexibility index (Phi) is 8.16. The van der Waals surface area contributed by atoms with E-state index in [2.05, 4.69) is 54.6 Å². The molecule has 0 fully saturated rings. The molecule has 1 aliphatic carbocycles. The molecule has 3 aromatic rings. The predicted molar refractivity (Wildman–Crippen MR) is 135 cm³/mol. The molecule has 0 radical (unpaired) electrons. The minimum Gasteiger partial charge on any atom is -0.493 e. The van der Waals surface area contributed by atoms with Gasteiger partial charge in [-0.1, -0.05) is 66.7 Å². The Bertz CT molecular complexity index is 1080. The molecule has 0 aliphatic heterocycles. The van der Waals surface area contributed by atoms with Gasteiger partial charge in [0.15, 0.2) is 6.10 Å². The summed E-state index contributed by atoms with van der Waals surface area (Å²) in [5, 5.41) is 0. The second-order valence-electron chi connectivity index (χ2n) is 8.39. The summed E-state index contributed by atoms with van der Waals surface area (Å²) in [6.07, 6.45) is 5.12. The zero-order valence-electron chi connectivity index (χ0n) is 20.0. The van der Waals surface area contributed by atoms with Crippen molar-refractivity contribution in [3.63, 3.8) is 0 Å². The van der Waals surface area contributed by atoms with E-state index < -0.39 is 6.10 Å². The lowest BCUT2D eigenvalue weighted by atomic mass is 9.93. The monoisotopic (exact) mass is 456 g/mol. The third kappa shape index (κ3) is 5.75. The van der Waals surface area contributed by atoms with Crippen molar-refractivity contribution in [2.45, 2.75) is 38.7 Å². The predicted octanol–water partition coefficient (Wildman–Crippen LogP) is 5.81. The Hall–Kier alpha value is -3.37. The number of hydrogen-bond acceptors (Lipinski definition) is 4. The maximum Gasteiger partial charge on any atom is 0.335 e. The van der Waals surface area contributed by atoms with E-state index in [0.29, 0.717) is 19.6 Å². The lowest BCUT2D eigenvalue weighted by Crippen LogP contribution is -2.27. The molecule has 176 valence electrons. The van der Waals surface area contributed by atoms with Gasteiger partial charge in [-0.15, -0.1) is 0 Å². The Morgan fingerprint density at radius 3 is 2.12 bits per heavy atom. The van der Waals surface area contributed by atoms with Gasteiger partial charge >= 0.3 is 5.97 Å². The molecule has 0 heterocycles. The number of hydrogen-bond donors (Lipinski definition) is 0. The van der Waals surface area contributed by atoms with Crippen molar-refractivity contribution in [3.8, 4) is 5.75 Å². The molecule has 0 saturated heterocycles. The number of carbonyl (C=O) groups excluding carboxylic acids is 1. The lowest BCUT2D eigenvalue weighted by Gasteiger charge is -2.14. The van der Waals surface area contributed by atoms with Crippen molar-refractivity contribution in [2.75, 3.05) is 20.3 Å². The number of aryl methyl sites for hydroxylation is 2. The smallest absolute Gasteiger partial charge is 0.335 e. The molecule has 0 aromatic heterocycles. The van der Waals surface area contributed by atoms with E-state index >= 15 is 0 Å². The van der Waals surface area contributed by atoms with Crippen LogP contribution in [0.5, 0.6) is 5.75 Å². The van der Waals surface area contributed by atoms with E-state index in [0.717, 1.165) is 30.6 Å². The molecule has 4 heteroatoms. The molecule has 3 aromatic carbocycles. The van der Waals surface area contributed by atoms with Gasteiger partial charge in [0.2, 0.25) is 0 Å². The van der Waals surface area contributed by atoms with E-state index in [4.69, 9.17) is 14.2 Å². The summed E-state index contributed by atoms with van der Waals surface area (Å²) in [4.78, 5) is 11.9. The lowest BCUT2D eigenvalue weighted by molar-refractivity contribution is -0.154. The minimum absolute atomic E-state index is 0.333. The third-order valence-electron chi connectivity index (χ3n) is 6.19. The number of benzene rings is 3. The van der Waals surface area contributed by atoms with Crippen LogP contribution in [0.2, 0.25) is 0 Å². The molecule has 4 nitrogen and oxygen atoms in total. The Morgan fingerprint density at radius 2 is 1.53 bits per heavy atom. The summed E-state index contributed by atoms with van der Waals surface area (Å²) in [6, 6.07) is 25.2. The maximum absolute atomic E-state index is 11.9. The van der Waals surface area contributed by atoms with Crippen LogP contribution < -0.4 is 4.74 Å². The summed E-state index contributed by atoms with van der Waals surface area (Å²) in [5.74, 6) is 0.481. The highest BCUT2D eigenvalue weighted by atomic mass is 16.6. The zero-order chi connectivity index (χ0) is 23.8. The van der Waals surface area contributed by atoms with Crippen LogP contribution >= 0.6 is 0 Å². The van der Waals surface area contributed by atoms with Crippen LogP contribution in [0.1, 0.15) is 41.2 Å². The fourth-order valence-electron chi connectivity index (χ4n) is 4.45. The Balaban J connectivity index is 1.40. The number of esters is 1. The average molecular weight is 457 g/mol. The molecule has 0 saturated carbocycles. The van der Waals surface area contributed by atoms with Gasteiger partial charge in [-0.05, 0) is 65.3 Å². The van der Waals surface area contributed by atoms with E-state index in [9.17, 15) is 4.79 Å². The van der Waals surface area contributed by atoms with Crippen LogP contribution in [0.15, 0.2) is 78.9 Å². The molecule has 0 bridgehead atoms. The SMILES string of the molecule is CCOC(=O)C(Cc1ccc(OCCC=C2c3ccccc3CCc3ccccc32)cc1)OC. The van der Waals surface area contributed by atoms with Gasteiger partial charge in [0.1, 0.15) is 5.75 Å². The van der Waals surface area contributed by atoms with E-state index in [-0.39, 0.29) is 5.97 Å². The summed E-state index contributed by atoms with van der Waals surface area (Å²) >= 11 is 0. The quantitative estimate of drug-likeness (QED) is 0.301. The van der Waals surface area contributed by atoms with Gasteiger partial charge in [0.05, 0.1) is 13.2 Å². The maximum atomic E-state index is 11.9. The van der Waals surface area contributed by atoms with E-state index in [1.54, 1.807) is 6.92 Å². The Morgan fingerprint density at radius 1 is 0.912 bits per heavy atom. The second kappa shape index (κ2) is 11.7. The van der Waals surface area contributed by atoms with Crippen molar-refractivity contribution in [1.29, 1.82) is 0 Å². The summed E-state index contributed by atoms with van der Waals surface area (Å²) in [7, 11) is 1.53. The second-order valence-corrected chi connectivity index (χ2v) is 8.39. The first kappa shape index (κ1) is 23.8. The molecule has 1 atom stereocenters. The highest BCUT2D eigenvalue weighted by Crippen LogP contribution is 2.33. The van der Waals surface area contributed by atoms with Crippen LogP contribution in [0.25, 0.3) is 5.57 Å². The molecule has 1 unspecified atom stereocenters. The molecular formula is C30H32O4. The van der Waals surface area contributed by atoms with Crippen LogP contribution in [0.3, 0.4) is 0 Å². The van der Waals surface area contributed by atoms with Gasteiger partial charge in [-0.25, -0.2) is 4.79 Å². The van der Waals surface area contributed by atoms with Gasteiger partial charge in [0.25, 0.3) is 0 Å². The first-order valence-electron chi connectivity index (χ1n) is 12.0. The highest BCUT2D eigenvalue weighted by molar-refractivity contribution is 5.83. The molecular weight excluding hydrogens is 424 g/mol. The van der Waals surface area contributed by atoms with Crippen molar-refractivity contribution in [1.82, 2.24) is 0 Å². The number of ether oxygens (including phenoxy) is 3. The standard InChI is InChI=1S/C30H32O4/c1-3-33-30(31)29(32-2)21-22-14-18-25(19-15-22)34-20-8-13-28-26-11-6-4-9-23(26)16-17-24-10-5-7-12-27(24)28/h4-7,9-15,18-19,29H,3,8,16-17,20-21H2,1-2H3. The highest BCUT2D eigenvalue weighted by Gasteiger charge is 2.19.